The number of hydrogen-bond donors (Lipinski definition) is 2. The van der Waals surface area contributed by atoms with E-state index < -0.39 is 17.5 Å². The lowest BCUT2D eigenvalue weighted by atomic mass is 9.74. The summed E-state index contributed by atoms with van der Waals surface area (Å²) in [6, 6.07) is 7.15. The Bertz CT molecular complexity index is 522. The van der Waals surface area contributed by atoms with Crippen LogP contribution in [0.25, 0.3) is 0 Å². The Labute approximate surface area is 141 Å². The quantitative estimate of drug-likeness (QED) is 0.798. The lowest BCUT2D eigenvalue weighted by molar-refractivity contribution is -0.164. The van der Waals surface area contributed by atoms with Crippen LogP contribution in [0.15, 0.2) is 24.3 Å². The molecular weight excluding hydrogens is 318 g/mol. The number of aliphatic carboxylic acids is 1. The molecule has 0 aliphatic carbocycles. The molecule has 1 fully saturated rings. The molecule has 2 atom stereocenters. The van der Waals surface area contributed by atoms with Crippen LogP contribution in [0.2, 0.25) is 5.02 Å². The van der Waals surface area contributed by atoms with Gasteiger partial charge in [-0.05, 0) is 37.1 Å². The average Bonchev–Trinajstić information content (AvgIpc) is 2.52. The van der Waals surface area contributed by atoms with E-state index in [-0.39, 0.29) is 0 Å². The predicted molar refractivity (Wildman–Crippen MR) is 89.0 cm³/mol. The molecule has 1 saturated heterocycles. The zero-order chi connectivity index (χ0) is 16.9. The summed E-state index contributed by atoms with van der Waals surface area (Å²) in [5.41, 5.74) is -1.06. The second-order valence-corrected chi connectivity index (χ2v) is 6.53. The van der Waals surface area contributed by atoms with E-state index in [0.29, 0.717) is 44.1 Å². The molecule has 1 aliphatic heterocycles. The van der Waals surface area contributed by atoms with Gasteiger partial charge in [0.05, 0.1) is 6.10 Å². The van der Waals surface area contributed by atoms with Crippen molar-refractivity contribution < 1.29 is 19.7 Å². The average molecular weight is 342 g/mol. The van der Waals surface area contributed by atoms with Crippen LogP contribution >= 0.6 is 11.6 Å². The molecule has 23 heavy (non-hydrogen) atoms. The van der Waals surface area contributed by atoms with Crippen molar-refractivity contribution in [3.63, 3.8) is 0 Å². The number of carbonyl (C=O) groups is 1. The van der Waals surface area contributed by atoms with Gasteiger partial charge in [0, 0.05) is 24.7 Å². The molecule has 0 spiro atoms. The summed E-state index contributed by atoms with van der Waals surface area (Å²) < 4.78 is 5.67. The van der Waals surface area contributed by atoms with Crippen molar-refractivity contribution in [3.05, 3.63) is 29.3 Å². The second kappa shape index (κ2) is 7.99. The van der Waals surface area contributed by atoms with Crippen molar-refractivity contribution in [2.75, 3.05) is 26.2 Å². The largest absolute Gasteiger partial charge is 0.492 e. The SMILES string of the molecule is CCC[C@]1(C(=O)O)CN(CCOc2ccc(Cl)cc2)CC[C@@H]1O. The molecule has 1 aromatic rings. The maximum absolute atomic E-state index is 11.7. The summed E-state index contributed by atoms with van der Waals surface area (Å²) in [5.74, 6) is -0.167. The number of aliphatic hydroxyl groups is 1. The molecule has 0 aromatic heterocycles. The number of piperidine rings is 1. The van der Waals surface area contributed by atoms with E-state index >= 15 is 0 Å². The van der Waals surface area contributed by atoms with E-state index in [9.17, 15) is 15.0 Å². The number of benzene rings is 1. The lowest BCUT2D eigenvalue weighted by Gasteiger charge is -2.43. The number of likely N-dealkylation sites (tertiary alicyclic amines) is 1. The minimum absolute atomic E-state index is 0.362. The van der Waals surface area contributed by atoms with Gasteiger partial charge in [-0.15, -0.1) is 0 Å². The summed E-state index contributed by atoms with van der Waals surface area (Å²) in [6.45, 7) is 4.10. The molecule has 128 valence electrons. The van der Waals surface area contributed by atoms with Crippen LogP contribution in [0.5, 0.6) is 5.75 Å². The van der Waals surface area contributed by atoms with Crippen LogP contribution in [-0.4, -0.2) is 53.4 Å². The normalized spacial score (nSPS) is 25.3. The number of rotatable bonds is 7. The van der Waals surface area contributed by atoms with Crippen LogP contribution in [0.1, 0.15) is 26.2 Å². The van der Waals surface area contributed by atoms with Crippen molar-refractivity contribution in [2.24, 2.45) is 5.41 Å². The number of nitrogens with zero attached hydrogens (tertiary/aromatic N) is 1. The van der Waals surface area contributed by atoms with Crippen molar-refractivity contribution in [2.45, 2.75) is 32.3 Å². The fourth-order valence-corrected chi connectivity index (χ4v) is 3.31. The molecule has 0 unspecified atom stereocenters. The molecule has 2 N–H and O–H groups in total. The van der Waals surface area contributed by atoms with Gasteiger partial charge in [0.1, 0.15) is 17.8 Å². The fraction of sp³-hybridized carbons (Fsp3) is 0.588. The Morgan fingerprint density at radius 1 is 1.43 bits per heavy atom. The Morgan fingerprint density at radius 2 is 2.13 bits per heavy atom. The summed E-state index contributed by atoms with van der Waals surface area (Å²) >= 11 is 5.83. The Morgan fingerprint density at radius 3 is 2.74 bits per heavy atom. The molecule has 0 radical (unpaired) electrons. The van der Waals surface area contributed by atoms with E-state index in [2.05, 4.69) is 4.90 Å². The third-order valence-electron chi connectivity index (χ3n) is 4.47. The highest BCUT2D eigenvalue weighted by atomic mass is 35.5. The molecule has 1 heterocycles. The topological polar surface area (TPSA) is 70.0 Å². The Hall–Kier alpha value is -1.30. The summed E-state index contributed by atoms with van der Waals surface area (Å²) in [7, 11) is 0. The van der Waals surface area contributed by atoms with Crippen LogP contribution in [0, 0.1) is 5.41 Å². The first-order chi connectivity index (χ1) is 11.0. The van der Waals surface area contributed by atoms with E-state index in [1.807, 2.05) is 6.92 Å². The number of aliphatic hydroxyl groups excluding tert-OH is 1. The van der Waals surface area contributed by atoms with E-state index in [0.717, 1.165) is 12.2 Å². The molecule has 1 aromatic carbocycles. The highest BCUT2D eigenvalue weighted by Gasteiger charge is 2.48. The third-order valence-corrected chi connectivity index (χ3v) is 4.73. The number of carboxylic acids is 1. The lowest BCUT2D eigenvalue weighted by Crippen LogP contribution is -2.56. The maximum atomic E-state index is 11.7. The number of hydrogen-bond acceptors (Lipinski definition) is 4. The summed E-state index contributed by atoms with van der Waals surface area (Å²) in [6.07, 6.45) is 0.914. The molecule has 0 amide bonds. The van der Waals surface area contributed by atoms with Gasteiger partial charge in [0.2, 0.25) is 0 Å². The van der Waals surface area contributed by atoms with Gasteiger partial charge in [-0.2, -0.15) is 0 Å². The van der Waals surface area contributed by atoms with Crippen LogP contribution in [-0.2, 0) is 4.79 Å². The van der Waals surface area contributed by atoms with Crippen molar-refractivity contribution in [1.29, 1.82) is 0 Å². The van der Waals surface area contributed by atoms with E-state index in [4.69, 9.17) is 16.3 Å². The Balaban J connectivity index is 1.90. The predicted octanol–water partition coefficient (Wildman–Crippen LogP) is 2.66. The van der Waals surface area contributed by atoms with E-state index in [1.165, 1.54) is 0 Å². The number of halogens is 1. The van der Waals surface area contributed by atoms with Gasteiger partial charge in [0.15, 0.2) is 0 Å². The van der Waals surface area contributed by atoms with Gasteiger partial charge >= 0.3 is 5.97 Å². The zero-order valence-corrected chi connectivity index (χ0v) is 14.1. The van der Waals surface area contributed by atoms with Crippen molar-refractivity contribution in [3.8, 4) is 5.75 Å². The monoisotopic (exact) mass is 341 g/mol. The van der Waals surface area contributed by atoms with Gasteiger partial charge < -0.3 is 14.9 Å². The molecule has 1 aliphatic rings. The fourth-order valence-electron chi connectivity index (χ4n) is 3.19. The minimum Gasteiger partial charge on any atom is -0.492 e. The Kier molecular flexibility index (Phi) is 6.27. The molecule has 5 nitrogen and oxygen atoms in total. The first-order valence-corrected chi connectivity index (χ1v) is 8.38. The first kappa shape index (κ1) is 18.0. The molecule has 6 heteroatoms. The van der Waals surface area contributed by atoms with Gasteiger partial charge in [0.25, 0.3) is 0 Å². The van der Waals surface area contributed by atoms with Crippen LogP contribution < -0.4 is 4.74 Å². The number of ether oxygens (including phenoxy) is 1. The van der Waals surface area contributed by atoms with Crippen molar-refractivity contribution >= 4 is 17.6 Å². The van der Waals surface area contributed by atoms with Crippen LogP contribution in [0.4, 0.5) is 0 Å². The van der Waals surface area contributed by atoms with Gasteiger partial charge in [-0.25, -0.2) is 0 Å². The first-order valence-electron chi connectivity index (χ1n) is 8.00. The third kappa shape index (κ3) is 4.37. The molecule has 0 bridgehead atoms. The zero-order valence-electron chi connectivity index (χ0n) is 13.4. The standard InChI is InChI=1S/C17H24ClNO4/c1-2-8-17(16(21)22)12-19(9-7-15(17)20)10-11-23-14-5-3-13(18)4-6-14/h3-6,15,20H,2,7-12H2,1H3,(H,21,22)/t15-,17-/m0/s1. The van der Waals surface area contributed by atoms with Crippen LogP contribution in [0.3, 0.4) is 0 Å². The highest BCUT2D eigenvalue weighted by molar-refractivity contribution is 6.30. The smallest absolute Gasteiger partial charge is 0.313 e. The highest BCUT2D eigenvalue weighted by Crippen LogP contribution is 2.35. The molecule has 2 rings (SSSR count). The summed E-state index contributed by atoms with van der Waals surface area (Å²) in [4.78, 5) is 13.8. The minimum atomic E-state index is -1.06. The second-order valence-electron chi connectivity index (χ2n) is 6.09. The maximum Gasteiger partial charge on any atom is 0.313 e. The van der Waals surface area contributed by atoms with Gasteiger partial charge in [-0.3, -0.25) is 9.69 Å². The van der Waals surface area contributed by atoms with Gasteiger partial charge in [-0.1, -0.05) is 24.9 Å². The van der Waals surface area contributed by atoms with E-state index in [1.54, 1.807) is 24.3 Å². The molecular formula is C17H24ClNO4. The van der Waals surface area contributed by atoms with Crippen molar-refractivity contribution in [1.82, 2.24) is 4.90 Å². The number of carboxylic acid groups (broad SMARTS) is 1. The molecule has 0 saturated carbocycles. The summed E-state index contributed by atoms with van der Waals surface area (Å²) in [5, 5.41) is 20.5.